The van der Waals surface area contributed by atoms with E-state index in [1.54, 1.807) is 0 Å². The van der Waals surface area contributed by atoms with Crippen LogP contribution >= 0.6 is 8.58 Å². The first-order valence-corrected chi connectivity index (χ1v) is 16.9. The van der Waals surface area contributed by atoms with E-state index < -0.39 is 0 Å². The van der Waals surface area contributed by atoms with Crippen molar-refractivity contribution in [3.63, 3.8) is 0 Å². The number of hydrogen-bond acceptors (Lipinski definition) is 2. The first kappa shape index (κ1) is 31.7. The fourth-order valence-corrected chi connectivity index (χ4v) is 7.97. The Morgan fingerprint density at radius 3 is 1.84 bits per heavy atom. The molecule has 0 fully saturated rings. The van der Waals surface area contributed by atoms with Gasteiger partial charge in [-0.3, -0.25) is 4.90 Å². The second kappa shape index (κ2) is 15.3. The van der Waals surface area contributed by atoms with Crippen LogP contribution in [-0.4, -0.2) is 4.90 Å². The average molecular weight is 600 g/mol. The van der Waals surface area contributed by atoms with Crippen LogP contribution in [0, 0.1) is 13.8 Å². The molecule has 0 saturated heterocycles. The molecule has 0 amide bonds. The minimum atomic E-state index is -0.0443. The van der Waals surface area contributed by atoms with Gasteiger partial charge in [-0.2, -0.15) is 0 Å². The maximum atomic E-state index is 6.56. The first-order chi connectivity index (χ1) is 21.4. The van der Waals surface area contributed by atoms with E-state index in [1.165, 1.54) is 44.2 Å². The van der Waals surface area contributed by atoms with E-state index in [0.717, 1.165) is 38.2 Å². The van der Waals surface area contributed by atoms with Gasteiger partial charge in [0.25, 0.3) is 0 Å². The zero-order valence-electron chi connectivity index (χ0n) is 26.7. The Hall–Kier alpha value is -3.71. The molecule has 0 aliphatic carbocycles. The number of rotatable bonds is 14. The molecular formula is C41H46NOP. The predicted molar refractivity (Wildman–Crippen MR) is 189 cm³/mol. The van der Waals surface area contributed by atoms with E-state index in [9.17, 15) is 0 Å². The summed E-state index contributed by atoms with van der Waals surface area (Å²) < 4.78 is 6.56. The molecule has 0 heterocycles. The third kappa shape index (κ3) is 8.47. The van der Waals surface area contributed by atoms with Crippen LogP contribution in [0.15, 0.2) is 127 Å². The quantitative estimate of drug-likeness (QED) is 0.118. The molecule has 3 heteroatoms. The van der Waals surface area contributed by atoms with Crippen LogP contribution in [0.2, 0.25) is 0 Å². The summed E-state index contributed by atoms with van der Waals surface area (Å²) in [5, 5.41) is 1.45. The summed E-state index contributed by atoms with van der Waals surface area (Å²) in [6, 6.07) is 45.8. The van der Waals surface area contributed by atoms with Crippen LogP contribution in [0.4, 0.5) is 0 Å². The van der Waals surface area contributed by atoms with Crippen molar-refractivity contribution in [2.24, 2.45) is 0 Å². The summed E-state index contributed by atoms with van der Waals surface area (Å²) in [5.74, 6) is 1.01. The highest BCUT2D eigenvalue weighted by Crippen LogP contribution is 2.49. The third-order valence-corrected chi connectivity index (χ3v) is 10.4. The largest absolute Gasteiger partial charge is 0.489 e. The van der Waals surface area contributed by atoms with Gasteiger partial charge in [0, 0.05) is 30.4 Å². The van der Waals surface area contributed by atoms with Crippen LogP contribution in [0.1, 0.15) is 65.6 Å². The van der Waals surface area contributed by atoms with Gasteiger partial charge in [-0.05, 0) is 59.5 Å². The Labute approximate surface area is 266 Å². The van der Waals surface area contributed by atoms with Crippen LogP contribution in [0.25, 0.3) is 0 Å². The Morgan fingerprint density at radius 1 is 0.659 bits per heavy atom. The van der Waals surface area contributed by atoms with E-state index in [-0.39, 0.29) is 5.16 Å². The lowest BCUT2D eigenvalue weighted by molar-refractivity contribution is 0.248. The molecule has 226 valence electrons. The van der Waals surface area contributed by atoms with Crippen molar-refractivity contribution in [2.75, 3.05) is 0 Å². The van der Waals surface area contributed by atoms with Gasteiger partial charge in [0.15, 0.2) is 0 Å². The van der Waals surface area contributed by atoms with Gasteiger partial charge in [-0.15, -0.1) is 0 Å². The number of benzene rings is 5. The summed E-state index contributed by atoms with van der Waals surface area (Å²) in [5.41, 5.74) is 9.29. The van der Waals surface area contributed by atoms with Crippen LogP contribution in [0.5, 0.6) is 5.75 Å². The third-order valence-electron chi connectivity index (χ3n) is 8.37. The van der Waals surface area contributed by atoms with Gasteiger partial charge in [0.1, 0.15) is 12.4 Å². The maximum absolute atomic E-state index is 6.56. The molecule has 0 spiro atoms. The molecule has 5 aromatic carbocycles. The number of ether oxygens (including phenoxy) is 1. The van der Waals surface area contributed by atoms with E-state index in [2.05, 4.69) is 160 Å². The molecule has 0 aliphatic rings. The zero-order chi connectivity index (χ0) is 30.8. The molecule has 44 heavy (non-hydrogen) atoms. The number of aryl methyl sites for hydroxylation is 2. The van der Waals surface area contributed by atoms with Gasteiger partial charge in [0.2, 0.25) is 0 Å². The minimum Gasteiger partial charge on any atom is -0.489 e. The lowest BCUT2D eigenvalue weighted by Gasteiger charge is -2.34. The monoisotopic (exact) mass is 599 g/mol. The van der Waals surface area contributed by atoms with Crippen molar-refractivity contribution in [1.29, 1.82) is 0 Å². The van der Waals surface area contributed by atoms with Crippen molar-refractivity contribution in [3.8, 4) is 5.75 Å². The van der Waals surface area contributed by atoms with E-state index in [4.69, 9.17) is 4.74 Å². The second-order valence-electron chi connectivity index (χ2n) is 12.2. The molecule has 0 bridgehead atoms. The topological polar surface area (TPSA) is 12.5 Å². The SMILES string of the molecule is CCCC(C)(Pc1c(C)cccc1CN(Cc1ccccc1)Cc1ccccc1)c1cc(C)ccc1OCc1ccccc1. The summed E-state index contributed by atoms with van der Waals surface area (Å²) in [4.78, 5) is 2.59. The molecule has 2 nitrogen and oxygen atoms in total. The van der Waals surface area contributed by atoms with Crippen LogP contribution < -0.4 is 10.0 Å². The molecule has 2 atom stereocenters. The molecule has 0 radical (unpaired) electrons. The lowest BCUT2D eigenvalue weighted by atomic mass is 9.93. The maximum Gasteiger partial charge on any atom is 0.123 e. The number of nitrogens with zero attached hydrogens (tertiary/aromatic N) is 1. The normalized spacial score (nSPS) is 12.9. The van der Waals surface area contributed by atoms with Gasteiger partial charge in [-0.1, -0.05) is 156 Å². The summed E-state index contributed by atoms with van der Waals surface area (Å²) in [6.07, 6.45) is 2.22. The van der Waals surface area contributed by atoms with E-state index in [0.29, 0.717) is 15.2 Å². The summed E-state index contributed by atoms with van der Waals surface area (Å²) in [6.45, 7) is 12.6. The fraction of sp³-hybridized carbons (Fsp3) is 0.268. The Kier molecular flexibility index (Phi) is 11.1. The zero-order valence-corrected chi connectivity index (χ0v) is 27.7. The smallest absolute Gasteiger partial charge is 0.123 e. The van der Waals surface area contributed by atoms with E-state index in [1.807, 2.05) is 0 Å². The molecule has 0 aromatic heterocycles. The average Bonchev–Trinajstić information content (AvgIpc) is 3.04. The Balaban J connectivity index is 1.47. The van der Waals surface area contributed by atoms with Gasteiger partial charge in [0.05, 0.1) is 0 Å². The van der Waals surface area contributed by atoms with Crippen molar-refractivity contribution in [3.05, 3.63) is 166 Å². The summed E-state index contributed by atoms with van der Waals surface area (Å²) in [7, 11) is 0.623. The molecule has 0 N–H and O–H groups in total. The fourth-order valence-electron chi connectivity index (χ4n) is 6.11. The minimum absolute atomic E-state index is 0.0443. The Morgan fingerprint density at radius 2 is 1.25 bits per heavy atom. The van der Waals surface area contributed by atoms with Crippen molar-refractivity contribution < 1.29 is 4.74 Å². The van der Waals surface area contributed by atoms with Crippen LogP contribution in [0.3, 0.4) is 0 Å². The molecular weight excluding hydrogens is 553 g/mol. The molecule has 5 aromatic rings. The summed E-state index contributed by atoms with van der Waals surface area (Å²) >= 11 is 0. The highest BCUT2D eigenvalue weighted by molar-refractivity contribution is 7.48. The number of hydrogen-bond donors (Lipinski definition) is 0. The van der Waals surface area contributed by atoms with Gasteiger partial charge >= 0.3 is 0 Å². The van der Waals surface area contributed by atoms with Crippen molar-refractivity contribution in [2.45, 2.75) is 71.9 Å². The molecule has 2 unspecified atom stereocenters. The van der Waals surface area contributed by atoms with Gasteiger partial charge in [-0.25, -0.2) is 0 Å². The highest BCUT2D eigenvalue weighted by Gasteiger charge is 2.31. The van der Waals surface area contributed by atoms with Crippen molar-refractivity contribution in [1.82, 2.24) is 4.90 Å². The van der Waals surface area contributed by atoms with Crippen molar-refractivity contribution >= 4 is 13.9 Å². The highest BCUT2D eigenvalue weighted by atomic mass is 31.1. The van der Waals surface area contributed by atoms with Gasteiger partial charge < -0.3 is 4.74 Å². The van der Waals surface area contributed by atoms with Crippen LogP contribution in [-0.2, 0) is 31.4 Å². The molecule has 0 aliphatic heterocycles. The predicted octanol–water partition coefficient (Wildman–Crippen LogP) is 10.1. The lowest BCUT2D eigenvalue weighted by Crippen LogP contribution is -2.28. The van der Waals surface area contributed by atoms with E-state index >= 15 is 0 Å². The molecule has 5 rings (SSSR count). The molecule has 0 saturated carbocycles. The Bertz CT molecular complexity index is 1560. The standard InChI is InChI=1S/C41H46NOP/c1-5-26-41(4,38-27-32(2)24-25-39(38)43-31-36-21-13-8-14-22-36)44-40-33(3)16-15-23-37(40)30-42(28-34-17-9-6-10-18-34)29-35-19-11-7-12-20-35/h6-25,27,44H,5,26,28-31H2,1-4H3. The second-order valence-corrected chi connectivity index (χ2v) is 14.1. The first-order valence-electron chi connectivity index (χ1n) is 15.9.